The van der Waals surface area contributed by atoms with Crippen molar-refractivity contribution in [1.82, 2.24) is 14.7 Å². The largest absolute Gasteiger partial charge is 0.459 e. The van der Waals surface area contributed by atoms with Crippen LogP contribution in [0.5, 0.6) is 0 Å². The number of aliphatic imine (C=N–C) groups is 1. The van der Waals surface area contributed by atoms with E-state index < -0.39 is 89.3 Å². The van der Waals surface area contributed by atoms with Gasteiger partial charge in [0.2, 0.25) is 6.10 Å². The molecule has 0 radical (unpaired) electrons. The Morgan fingerprint density at radius 2 is 1.72 bits per heavy atom. The maximum atomic E-state index is 14.5. The van der Waals surface area contributed by atoms with Gasteiger partial charge in [-0.15, -0.1) is 0 Å². The molecule has 330 valence electrons. The van der Waals surface area contributed by atoms with Gasteiger partial charge in [-0.25, -0.2) is 9.67 Å². The van der Waals surface area contributed by atoms with Crippen molar-refractivity contribution in [3.8, 4) is 5.69 Å². The zero-order valence-electron chi connectivity index (χ0n) is 36.5. The Kier molecular flexibility index (Phi) is 14.1. The highest BCUT2D eigenvalue weighted by atomic mass is 16.7. The van der Waals surface area contributed by atoms with Crippen molar-refractivity contribution in [2.45, 2.75) is 141 Å². The highest BCUT2D eigenvalue weighted by Gasteiger charge is 2.53. The molecule has 1 amide bonds. The van der Waals surface area contributed by atoms with Crippen LogP contribution in [0.2, 0.25) is 0 Å². The van der Waals surface area contributed by atoms with Crippen LogP contribution in [0.15, 0.2) is 52.7 Å². The van der Waals surface area contributed by atoms with Crippen molar-refractivity contribution in [3.63, 3.8) is 0 Å². The van der Waals surface area contributed by atoms with Gasteiger partial charge in [0.1, 0.15) is 29.4 Å². The van der Waals surface area contributed by atoms with Crippen LogP contribution in [-0.2, 0) is 49.3 Å². The Morgan fingerprint density at radius 1 is 1.00 bits per heavy atom. The number of amides is 1. The van der Waals surface area contributed by atoms with E-state index in [-0.39, 0.29) is 50.3 Å². The molecule has 2 N–H and O–H groups in total. The Bertz CT molecular complexity index is 1900. The summed E-state index contributed by atoms with van der Waals surface area (Å²) in [6.45, 7) is 13.4. The van der Waals surface area contributed by atoms with Gasteiger partial charge in [-0.2, -0.15) is 5.10 Å². The van der Waals surface area contributed by atoms with Crippen molar-refractivity contribution in [2.24, 2.45) is 33.8 Å². The van der Waals surface area contributed by atoms with Gasteiger partial charge < -0.3 is 43.6 Å². The number of nitrogens with zero attached hydrogens (tertiary/aromatic N) is 5. The van der Waals surface area contributed by atoms with E-state index in [4.69, 9.17) is 38.6 Å². The molecule has 6 rings (SSSR count). The Labute approximate surface area is 352 Å². The molecule has 60 heavy (non-hydrogen) atoms. The number of ketones is 1. The van der Waals surface area contributed by atoms with Crippen molar-refractivity contribution in [1.29, 1.82) is 0 Å². The Hall–Kier alpha value is -3.90. The van der Waals surface area contributed by atoms with Gasteiger partial charge in [-0.05, 0) is 85.2 Å². The van der Waals surface area contributed by atoms with Crippen molar-refractivity contribution >= 4 is 29.1 Å². The fourth-order valence-corrected chi connectivity index (χ4v) is 9.32. The molecule has 4 aliphatic heterocycles. The number of benzene rings is 1. The molecule has 1 unspecified atom stereocenters. The third-order valence-electron chi connectivity index (χ3n) is 12.7. The molecule has 0 saturated carbocycles. The fraction of sp³-hybridized carbons (Fsp3) is 0.682. The van der Waals surface area contributed by atoms with Crippen LogP contribution in [0.25, 0.3) is 5.69 Å². The van der Waals surface area contributed by atoms with E-state index in [2.05, 4.69) is 5.16 Å². The topological polar surface area (TPSA) is 193 Å². The Morgan fingerprint density at radius 3 is 2.40 bits per heavy atom. The molecule has 16 heteroatoms. The van der Waals surface area contributed by atoms with E-state index in [1.807, 2.05) is 70.1 Å². The number of esters is 1. The Balaban J connectivity index is 1.48. The summed E-state index contributed by atoms with van der Waals surface area (Å²) in [6, 6.07) is 11.1. The van der Waals surface area contributed by atoms with Crippen LogP contribution in [0.1, 0.15) is 80.3 Å². The molecule has 2 aromatic rings. The van der Waals surface area contributed by atoms with Gasteiger partial charge in [0.25, 0.3) is 5.91 Å². The van der Waals surface area contributed by atoms with Crippen LogP contribution in [0.3, 0.4) is 0 Å². The molecular weight excluding hydrogens is 775 g/mol. The number of aromatic nitrogens is 2. The summed E-state index contributed by atoms with van der Waals surface area (Å²) in [7, 11) is 3.74. The number of para-hydroxylation sites is 1. The van der Waals surface area contributed by atoms with E-state index >= 15 is 0 Å². The zero-order valence-corrected chi connectivity index (χ0v) is 36.5. The lowest BCUT2D eigenvalue weighted by Gasteiger charge is -2.47. The lowest BCUT2D eigenvalue weighted by atomic mass is 9.73. The number of aliphatic hydroxyl groups excluding tert-OH is 1. The normalized spacial score (nSPS) is 39.5. The summed E-state index contributed by atoms with van der Waals surface area (Å²) in [4.78, 5) is 55.6. The first kappa shape index (κ1) is 45.6. The zero-order chi connectivity index (χ0) is 43.7. The van der Waals surface area contributed by atoms with Crippen LogP contribution in [0.4, 0.5) is 0 Å². The van der Waals surface area contributed by atoms with Crippen molar-refractivity contribution in [2.75, 3.05) is 27.3 Å². The van der Waals surface area contributed by atoms with Crippen molar-refractivity contribution < 1.29 is 53.1 Å². The molecule has 0 aliphatic carbocycles. The molecule has 1 aromatic heterocycles. The lowest BCUT2D eigenvalue weighted by molar-refractivity contribution is -0.296. The molecule has 14 atom stereocenters. The summed E-state index contributed by atoms with van der Waals surface area (Å²) >= 11 is 0. The van der Waals surface area contributed by atoms with Gasteiger partial charge in [-0.3, -0.25) is 14.4 Å². The number of aliphatic hydroxyl groups is 2. The summed E-state index contributed by atoms with van der Waals surface area (Å²) in [5, 5.41) is 33.2. The maximum absolute atomic E-state index is 14.5. The molecule has 3 fully saturated rings. The highest BCUT2D eigenvalue weighted by Crippen LogP contribution is 2.40. The quantitative estimate of drug-likeness (QED) is 0.303. The predicted molar refractivity (Wildman–Crippen MR) is 220 cm³/mol. The summed E-state index contributed by atoms with van der Waals surface area (Å²) in [5.74, 6) is -5.50. The third-order valence-corrected chi connectivity index (χ3v) is 12.7. The highest BCUT2D eigenvalue weighted by molar-refractivity contribution is 6.01. The number of likely N-dealkylation sites (N-methyl/N-ethyl adjacent to an activating group) is 1. The van der Waals surface area contributed by atoms with Gasteiger partial charge in [0, 0.05) is 36.2 Å². The molecule has 16 nitrogen and oxygen atoms in total. The lowest BCUT2D eigenvalue weighted by Crippen LogP contribution is -2.60. The van der Waals surface area contributed by atoms with Crippen LogP contribution >= 0.6 is 0 Å². The standard InChI is InChI=1S/C44H63N5O11/c1-11-34-44(8,54)39-26(4)35-24(2)21-43(7,38(27(5)36(50)28(6)41(53)58-34)59-42-37(51)32(48(9)10)19-25(3)57-42)56-23-30(22-55-39)47-60-33(40(52)45-35)20-29-17-18-49(46-29)31-15-13-12-14-16-31/h12-18,24-28,32-34,37-39,42,51,54H,11,19-23H2,1-10H3/b45-35?,47-30-/t24-,25-,26+,27+,28-,32+,33?,34-,37-,38-,39-,42+,43-,44-/m1/s1. The minimum absolute atomic E-state index is 0.0488. The van der Waals surface area contributed by atoms with Crippen LogP contribution in [0, 0.1) is 23.7 Å². The van der Waals surface area contributed by atoms with Crippen molar-refractivity contribution in [3.05, 3.63) is 48.3 Å². The summed E-state index contributed by atoms with van der Waals surface area (Å²) in [5.41, 5.74) is -1.19. The first-order chi connectivity index (χ1) is 28.3. The fourth-order valence-electron chi connectivity index (χ4n) is 9.32. The number of carbonyl (C=O) groups is 3. The first-order valence-corrected chi connectivity index (χ1v) is 21.2. The number of carbonyl (C=O) groups excluding carboxylic acids is 3. The number of rotatable bonds is 7. The molecule has 4 bridgehead atoms. The number of cyclic esters (lactones) is 1. The molecule has 4 aliphatic rings. The number of ether oxygens (including phenoxy) is 5. The molecule has 5 heterocycles. The second-order valence-electron chi connectivity index (χ2n) is 17.7. The molecule has 0 spiro atoms. The van der Waals surface area contributed by atoms with Gasteiger partial charge in [0.05, 0.1) is 48.5 Å². The minimum atomic E-state index is -1.84. The van der Waals surface area contributed by atoms with Crippen LogP contribution < -0.4 is 0 Å². The molecule has 1 aromatic carbocycles. The van der Waals surface area contributed by atoms with E-state index in [1.54, 1.807) is 37.7 Å². The SMILES string of the molecule is CC[C@H]1OC(=O)[C@H](C)C(=O)[C@H](C)[C@@H](O[C@@H]2O[C@H](C)C[C@H](N(C)C)[C@H]2O)[C@@]2(C)C[C@@H](C)C3=NC(=O)C(Cc4ccn(-c5ccccc5)n4)O/N=C(/CO[C@H]([C@H]3C)[C@]1(C)O)CO2. The smallest absolute Gasteiger partial charge is 0.316 e. The number of oxime groups is 1. The molecular formula is C44H63N5O11. The van der Waals surface area contributed by atoms with E-state index in [9.17, 15) is 24.6 Å². The van der Waals surface area contributed by atoms with E-state index in [1.165, 1.54) is 13.8 Å². The van der Waals surface area contributed by atoms with Crippen LogP contribution in [-0.4, -0.2) is 141 Å². The van der Waals surface area contributed by atoms with Gasteiger partial charge in [0.15, 0.2) is 12.1 Å². The van der Waals surface area contributed by atoms with Gasteiger partial charge >= 0.3 is 5.97 Å². The summed E-state index contributed by atoms with van der Waals surface area (Å²) in [6.07, 6.45) is -4.35. The monoisotopic (exact) mass is 837 g/mol. The number of Topliss-reactive ketones (excluding diaryl/α,β-unsaturated/α-hetero) is 1. The average Bonchev–Trinajstić information content (AvgIpc) is 3.67. The second-order valence-corrected chi connectivity index (χ2v) is 17.7. The number of hydrogen-bond acceptors (Lipinski definition) is 14. The third kappa shape index (κ3) is 9.59. The van der Waals surface area contributed by atoms with Gasteiger partial charge in [-0.1, -0.05) is 51.0 Å². The average molecular weight is 838 g/mol. The molecule has 3 saturated heterocycles. The minimum Gasteiger partial charge on any atom is -0.459 e. The summed E-state index contributed by atoms with van der Waals surface area (Å²) < 4.78 is 34.2. The first-order valence-electron chi connectivity index (χ1n) is 21.2. The predicted octanol–water partition coefficient (Wildman–Crippen LogP) is 3.71. The second kappa shape index (κ2) is 18.6. The maximum Gasteiger partial charge on any atom is 0.316 e. The number of hydrogen-bond donors (Lipinski definition) is 2. The van der Waals surface area contributed by atoms with E-state index in [0.717, 1.165) is 5.69 Å². The number of fused-ring (bicyclic) bond motifs is 4. The van der Waals surface area contributed by atoms with E-state index in [0.29, 0.717) is 17.8 Å².